The number of ether oxygens (including phenoxy) is 1. The van der Waals surface area contributed by atoms with E-state index in [9.17, 15) is 22.8 Å². The Morgan fingerprint density at radius 3 is 2.34 bits per heavy atom. The number of carbonyl (C=O) groups excluding carboxylic acids is 2. The van der Waals surface area contributed by atoms with E-state index in [4.69, 9.17) is 4.74 Å². The maximum Gasteiger partial charge on any atom is 0.435 e. The Kier molecular flexibility index (Phi) is 7.04. The number of rotatable bonds is 5. The molecule has 0 aliphatic rings. The topological polar surface area (TPSA) is 110 Å². The molecule has 0 aliphatic carbocycles. The SMILES string of the molecule is CNC(=O)c1ccccc1Nc1cc(Nc2cn(C(=O)OC(C)(C)C)nc2C)ncc1C(F)(F)F. The molecule has 3 aromatic rings. The van der Waals surface area contributed by atoms with Crippen LogP contribution in [0.4, 0.5) is 40.8 Å². The Labute approximate surface area is 199 Å². The summed E-state index contributed by atoms with van der Waals surface area (Å²) in [6.07, 6.45) is -3.37. The number of benzene rings is 1. The third kappa shape index (κ3) is 6.28. The maximum absolute atomic E-state index is 13.7. The average molecular weight is 490 g/mol. The average Bonchev–Trinajstić information content (AvgIpc) is 3.12. The molecular weight excluding hydrogens is 465 g/mol. The van der Waals surface area contributed by atoms with E-state index in [2.05, 4.69) is 26.0 Å². The number of amides is 1. The van der Waals surface area contributed by atoms with Gasteiger partial charge in [-0.1, -0.05) is 12.1 Å². The van der Waals surface area contributed by atoms with E-state index in [1.54, 1.807) is 39.8 Å². The number of para-hydroxylation sites is 1. The molecule has 0 spiro atoms. The summed E-state index contributed by atoms with van der Waals surface area (Å²) in [7, 11) is 1.43. The van der Waals surface area contributed by atoms with Gasteiger partial charge in [0.15, 0.2) is 0 Å². The van der Waals surface area contributed by atoms with Gasteiger partial charge in [0.05, 0.1) is 40.1 Å². The van der Waals surface area contributed by atoms with Crippen molar-refractivity contribution in [2.75, 3.05) is 17.7 Å². The highest BCUT2D eigenvalue weighted by Crippen LogP contribution is 2.37. The fraction of sp³-hybridized carbons (Fsp3) is 0.304. The molecule has 0 fully saturated rings. The molecule has 0 radical (unpaired) electrons. The first kappa shape index (κ1) is 25.5. The summed E-state index contributed by atoms with van der Waals surface area (Å²) >= 11 is 0. The number of nitrogens with one attached hydrogen (secondary N) is 3. The number of nitrogens with zero attached hydrogens (tertiary/aromatic N) is 3. The Bertz CT molecular complexity index is 1250. The molecule has 1 aromatic carbocycles. The summed E-state index contributed by atoms with van der Waals surface area (Å²) in [4.78, 5) is 28.3. The number of hydrogen-bond acceptors (Lipinski definition) is 7. The first-order chi connectivity index (χ1) is 16.3. The lowest BCUT2D eigenvalue weighted by atomic mass is 10.1. The molecule has 3 N–H and O–H groups in total. The number of anilines is 4. The molecule has 12 heteroatoms. The Morgan fingerprint density at radius 2 is 1.71 bits per heavy atom. The van der Waals surface area contributed by atoms with Gasteiger partial charge in [0.2, 0.25) is 0 Å². The van der Waals surface area contributed by atoms with Crippen LogP contribution in [0.25, 0.3) is 0 Å². The van der Waals surface area contributed by atoms with Crippen molar-refractivity contribution in [2.45, 2.75) is 39.5 Å². The van der Waals surface area contributed by atoms with E-state index >= 15 is 0 Å². The molecule has 0 aliphatic heterocycles. The lowest BCUT2D eigenvalue weighted by Crippen LogP contribution is -2.27. The van der Waals surface area contributed by atoms with Crippen LogP contribution in [0.15, 0.2) is 42.7 Å². The Morgan fingerprint density at radius 1 is 1.03 bits per heavy atom. The van der Waals surface area contributed by atoms with Crippen molar-refractivity contribution in [2.24, 2.45) is 0 Å². The number of aryl methyl sites for hydroxylation is 1. The molecule has 3 rings (SSSR count). The lowest BCUT2D eigenvalue weighted by Gasteiger charge is -2.18. The largest absolute Gasteiger partial charge is 0.442 e. The second-order valence-corrected chi connectivity index (χ2v) is 8.54. The van der Waals surface area contributed by atoms with Gasteiger partial charge < -0.3 is 20.7 Å². The van der Waals surface area contributed by atoms with Crippen molar-refractivity contribution >= 4 is 34.9 Å². The predicted molar refractivity (Wildman–Crippen MR) is 124 cm³/mol. The predicted octanol–water partition coefficient (Wildman–Crippen LogP) is 5.24. The molecule has 0 saturated heterocycles. The number of halogens is 3. The van der Waals surface area contributed by atoms with Gasteiger partial charge >= 0.3 is 12.3 Å². The molecule has 0 unspecified atom stereocenters. The van der Waals surface area contributed by atoms with Crippen molar-refractivity contribution < 1.29 is 27.5 Å². The first-order valence-electron chi connectivity index (χ1n) is 10.5. The van der Waals surface area contributed by atoms with E-state index in [1.807, 2.05) is 0 Å². The molecule has 0 bridgehead atoms. The Balaban J connectivity index is 1.95. The van der Waals surface area contributed by atoms with Gasteiger partial charge in [0.25, 0.3) is 5.91 Å². The van der Waals surface area contributed by atoms with Gasteiger partial charge in [-0.15, -0.1) is 0 Å². The minimum Gasteiger partial charge on any atom is -0.442 e. The van der Waals surface area contributed by atoms with Crippen LogP contribution >= 0.6 is 0 Å². The molecule has 1 amide bonds. The summed E-state index contributed by atoms with van der Waals surface area (Å²) in [6, 6.07) is 7.34. The molecule has 9 nitrogen and oxygen atoms in total. The van der Waals surface area contributed by atoms with Crippen LogP contribution in [0, 0.1) is 6.92 Å². The van der Waals surface area contributed by atoms with E-state index in [0.717, 1.165) is 10.7 Å². The van der Waals surface area contributed by atoms with Crippen molar-refractivity contribution in [3.05, 3.63) is 59.5 Å². The van der Waals surface area contributed by atoms with Crippen LogP contribution in [0.5, 0.6) is 0 Å². The van der Waals surface area contributed by atoms with Gasteiger partial charge in [-0.3, -0.25) is 4.79 Å². The standard InChI is InChI=1S/C23H25F3N6O3/c1-13-18(12-32(31-13)21(34)35-22(2,3)4)30-19-10-17(15(11-28-19)23(24,25)26)29-16-9-7-6-8-14(16)20(33)27-5/h6-12H,1-5H3,(H,27,33)(H2,28,29,30). The quantitative estimate of drug-likeness (QED) is 0.449. The third-order valence-electron chi connectivity index (χ3n) is 4.62. The normalized spacial score (nSPS) is 11.7. The van der Waals surface area contributed by atoms with Gasteiger partial charge in [-0.2, -0.15) is 23.0 Å². The fourth-order valence-corrected chi connectivity index (χ4v) is 3.05. The summed E-state index contributed by atoms with van der Waals surface area (Å²) in [6.45, 7) is 6.75. The zero-order chi connectivity index (χ0) is 26.0. The van der Waals surface area contributed by atoms with Crippen molar-refractivity contribution in [1.82, 2.24) is 20.1 Å². The highest BCUT2D eigenvalue weighted by molar-refractivity contribution is 6.00. The second-order valence-electron chi connectivity index (χ2n) is 8.54. The maximum atomic E-state index is 13.7. The minimum absolute atomic E-state index is 0.0600. The van der Waals surface area contributed by atoms with Crippen molar-refractivity contribution in [3.63, 3.8) is 0 Å². The van der Waals surface area contributed by atoms with E-state index in [0.29, 0.717) is 17.6 Å². The zero-order valence-electron chi connectivity index (χ0n) is 19.7. The molecule has 0 atom stereocenters. The summed E-state index contributed by atoms with van der Waals surface area (Å²) < 4.78 is 47.3. The molecule has 2 aromatic heterocycles. The number of aromatic nitrogens is 3. The van der Waals surface area contributed by atoms with Crippen molar-refractivity contribution in [1.29, 1.82) is 0 Å². The monoisotopic (exact) mass is 490 g/mol. The van der Waals surface area contributed by atoms with Crippen LogP contribution in [-0.4, -0.2) is 39.4 Å². The van der Waals surface area contributed by atoms with Crippen LogP contribution in [0.2, 0.25) is 0 Å². The summed E-state index contributed by atoms with van der Waals surface area (Å²) in [5.74, 6) is -0.399. The fourth-order valence-electron chi connectivity index (χ4n) is 3.05. The van der Waals surface area contributed by atoms with E-state index in [-0.39, 0.29) is 22.8 Å². The van der Waals surface area contributed by atoms with Gasteiger partial charge in [-0.05, 0) is 39.8 Å². The van der Waals surface area contributed by atoms with Gasteiger partial charge in [0, 0.05) is 19.3 Å². The first-order valence-corrected chi connectivity index (χ1v) is 10.5. The smallest absolute Gasteiger partial charge is 0.435 e. The van der Waals surface area contributed by atoms with Gasteiger partial charge in [-0.25, -0.2) is 9.78 Å². The third-order valence-corrected chi connectivity index (χ3v) is 4.62. The number of carbonyl (C=O) groups is 2. The van der Waals surface area contributed by atoms with E-state index < -0.39 is 29.3 Å². The number of alkyl halides is 3. The van der Waals surface area contributed by atoms with Crippen LogP contribution in [-0.2, 0) is 10.9 Å². The van der Waals surface area contributed by atoms with Crippen LogP contribution in [0.1, 0.15) is 42.4 Å². The van der Waals surface area contributed by atoms with Crippen LogP contribution in [0.3, 0.4) is 0 Å². The molecule has 2 heterocycles. The lowest BCUT2D eigenvalue weighted by molar-refractivity contribution is -0.137. The minimum atomic E-state index is -4.70. The summed E-state index contributed by atoms with van der Waals surface area (Å²) in [5, 5.41) is 12.1. The Hall–Kier alpha value is -4.09. The summed E-state index contributed by atoms with van der Waals surface area (Å²) in [5.41, 5.74) is -0.964. The highest BCUT2D eigenvalue weighted by atomic mass is 19.4. The molecular formula is C23H25F3N6O3. The van der Waals surface area contributed by atoms with E-state index in [1.165, 1.54) is 25.4 Å². The molecule has 0 saturated carbocycles. The number of pyridine rings is 1. The number of hydrogen-bond donors (Lipinski definition) is 3. The molecule has 186 valence electrons. The van der Waals surface area contributed by atoms with Crippen molar-refractivity contribution in [3.8, 4) is 0 Å². The molecule has 35 heavy (non-hydrogen) atoms. The second kappa shape index (κ2) is 9.65. The van der Waals surface area contributed by atoms with Crippen LogP contribution < -0.4 is 16.0 Å². The van der Waals surface area contributed by atoms with Gasteiger partial charge in [0.1, 0.15) is 11.4 Å². The zero-order valence-corrected chi connectivity index (χ0v) is 19.7. The highest BCUT2D eigenvalue weighted by Gasteiger charge is 2.34.